The number of thioether (sulfide) groups is 1. The van der Waals surface area contributed by atoms with E-state index >= 15 is 0 Å². The summed E-state index contributed by atoms with van der Waals surface area (Å²) in [5.74, 6) is 1.24. The van der Waals surface area contributed by atoms with Crippen molar-refractivity contribution < 1.29 is 9.21 Å². The highest BCUT2D eigenvalue weighted by atomic mass is 32.2. The molecule has 0 saturated heterocycles. The van der Waals surface area contributed by atoms with Gasteiger partial charge >= 0.3 is 0 Å². The molecule has 7 heteroatoms. The number of furan rings is 1. The van der Waals surface area contributed by atoms with E-state index in [0.29, 0.717) is 17.5 Å². The molecule has 1 aromatic carbocycles. The Kier molecular flexibility index (Phi) is 6.14. The van der Waals surface area contributed by atoms with Gasteiger partial charge in [-0.2, -0.15) is 0 Å². The van der Waals surface area contributed by atoms with E-state index in [4.69, 9.17) is 9.40 Å². The molecule has 6 nitrogen and oxygen atoms in total. The maximum atomic E-state index is 13.0. The Morgan fingerprint density at radius 2 is 2.03 bits per heavy atom. The largest absolute Gasteiger partial charge is 0.467 e. The van der Waals surface area contributed by atoms with Gasteiger partial charge in [0, 0.05) is 11.3 Å². The fourth-order valence-electron chi connectivity index (χ4n) is 3.46. The Bertz CT molecular complexity index is 1030. The molecule has 0 fully saturated rings. The highest BCUT2D eigenvalue weighted by Gasteiger charge is 2.22. The van der Waals surface area contributed by atoms with E-state index in [9.17, 15) is 9.59 Å². The van der Waals surface area contributed by atoms with Crippen molar-refractivity contribution in [2.45, 2.75) is 43.9 Å². The van der Waals surface area contributed by atoms with Crippen molar-refractivity contribution in [1.29, 1.82) is 0 Å². The Labute approximate surface area is 173 Å². The minimum absolute atomic E-state index is 0.0342. The molecule has 0 bridgehead atoms. The molecule has 3 aromatic rings. The van der Waals surface area contributed by atoms with Crippen molar-refractivity contribution in [3.8, 4) is 0 Å². The van der Waals surface area contributed by atoms with E-state index in [1.54, 1.807) is 18.4 Å². The number of amides is 1. The minimum Gasteiger partial charge on any atom is -0.467 e. The van der Waals surface area contributed by atoms with E-state index in [-0.39, 0.29) is 18.0 Å². The summed E-state index contributed by atoms with van der Waals surface area (Å²) in [5.41, 5.74) is 2.81. The number of carbonyl (C=O) groups is 1. The molecule has 0 atom stereocenters. The molecular formula is C22H23N3O3S. The zero-order valence-electron chi connectivity index (χ0n) is 16.1. The van der Waals surface area contributed by atoms with E-state index < -0.39 is 0 Å². The van der Waals surface area contributed by atoms with Gasteiger partial charge in [-0.25, -0.2) is 4.98 Å². The topological polar surface area (TPSA) is 77.1 Å². The van der Waals surface area contributed by atoms with E-state index in [0.717, 1.165) is 42.7 Å². The Morgan fingerprint density at radius 1 is 1.17 bits per heavy atom. The molecule has 1 aliphatic rings. The van der Waals surface area contributed by atoms with Crippen LogP contribution in [0, 0.1) is 0 Å². The fraction of sp³-hybridized carbons (Fsp3) is 0.318. The quantitative estimate of drug-likeness (QED) is 0.457. The van der Waals surface area contributed by atoms with Crippen LogP contribution in [0.5, 0.6) is 0 Å². The molecule has 1 amide bonds. The standard InChI is InChI=1S/C22H23N3O3S/c26-20(23-14-17-8-5-12-28-17)15-25-21(27)18-9-4-10-19(18)24-22(25)29-13-11-16-6-2-1-3-7-16/h1-3,5-8,12H,4,9-11,13-15H2,(H,23,26). The molecule has 0 radical (unpaired) electrons. The van der Waals surface area contributed by atoms with Crippen LogP contribution in [-0.2, 0) is 37.1 Å². The normalized spacial score (nSPS) is 12.7. The number of aromatic nitrogens is 2. The van der Waals surface area contributed by atoms with Gasteiger partial charge < -0.3 is 9.73 Å². The summed E-state index contributed by atoms with van der Waals surface area (Å²) in [5, 5.41) is 3.43. The first-order valence-electron chi connectivity index (χ1n) is 9.79. The molecule has 150 valence electrons. The summed E-state index contributed by atoms with van der Waals surface area (Å²) in [6.45, 7) is 0.267. The lowest BCUT2D eigenvalue weighted by Gasteiger charge is -2.14. The molecule has 1 N–H and O–H groups in total. The van der Waals surface area contributed by atoms with Crippen molar-refractivity contribution in [1.82, 2.24) is 14.9 Å². The zero-order chi connectivity index (χ0) is 20.1. The van der Waals surface area contributed by atoms with Crippen LogP contribution in [0.3, 0.4) is 0 Å². The minimum atomic E-state index is -0.229. The van der Waals surface area contributed by atoms with E-state index in [1.165, 1.54) is 21.9 Å². The van der Waals surface area contributed by atoms with Crippen LogP contribution in [0.2, 0.25) is 0 Å². The second-order valence-electron chi connectivity index (χ2n) is 7.00. The monoisotopic (exact) mass is 409 g/mol. The second-order valence-corrected chi connectivity index (χ2v) is 8.07. The summed E-state index contributed by atoms with van der Waals surface area (Å²) in [6.07, 6.45) is 4.97. The predicted molar refractivity (Wildman–Crippen MR) is 112 cm³/mol. The van der Waals surface area contributed by atoms with Gasteiger partial charge in [-0.1, -0.05) is 42.1 Å². The lowest BCUT2D eigenvalue weighted by atomic mass is 10.2. The molecular weight excluding hydrogens is 386 g/mol. The van der Waals surface area contributed by atoms with E-state index in [2.05, 4.69) is 17.4 Å². The molecule has 1 aliphatic carbocycles. The molecule has 29 heavy (non-hydrogen) atoms. The molecule has 0 spiro atoms. The number of rotatable bonds is 8. The van der Waals surface area contributed by atoms with Crippen LogP contribution in [0.25, 0.3) is 0 Å². The van der Waals surface area contributed by atoms with Crippen LogP contribution in [0.4, 0.5) is 0 Å². The average Bonchev–Trinajstić information content (AvgIpc) is 3.42. The van der Waals surface area contributed by atoms with Gasteiger partial charge in [0.2, 0.25) is 5.91 Å². The molecule has 0 unspecified atom stereocenters. The van der Waals surface area contributed by atoms with Crippen LogP contribution < -0.4 is 10.9 Å². The third-order valence-corrected chi connectivity index (χ3v) is 5.94. The molecule has 4 rings (SSSR count). The van der Waals surface area contributed by atoms with Crippen molar-refractivity contribution >= 4 is 17.7 Å². The first kappa shape index (κ1) is 19.5. The van der Waals surface area contributed by atoms with Crippen LogP contribution in [0.15, 0.2) is 63.1 Å². The number of hydrogen-bond donors (Lipinski definition) is 1. The van der Waals surface area contributed by atoms with Crippen molar-refractivity contribution in [2.75, 3.05) is 5.75 Å². The zero-order valence-corrected chi connectivity index (χ0v) is 16.9. The van der Waals surface area contributed by atoms with Gasteiger partial charge in [0.15, 0.2) is 5.16 Å². The summed E-state index contributed by atoms with van der Waals surface area (Å²) in [6, 6.07) is 13.8. The summed E-state index contributed by atoms with van der Waals surface area (Å²) < 4.78 is 6.76. The molecule has 2 heterocycles. The smallest absolute Gasteiger partial charge is 0.258 e. The third kappa shape index (κ3) is 4.79. The van der Waals surface area contributed by atoms with Crippen LogP contribution in [0.1, 0.15) is 29.0 Å². The summed E-state index contributed by atoms with van der Waals surface area (Å²) >= 11 is 1.53. The van der Waals surface area contributed by atoms with Crippen LogP contribution in [-0.4, -0.2) is 21.2 Å². The lowest BCUT2D eigenvalue weighted by Crippen LogP contribution is -2.34. The van der Waals surface area contributed by atoms with Gasteiger partial charge in [0.1, 0.15) is 12.3 Å². The number of aryl methyl sites for hydroxylation is 2. The first-order valence-corrected chi connectivity index (χ1v) is 10.8. The lowest BCUT2D eigenvalue weighted by molar-refractivity contribution is -0.122. The second kappa shape index (κ2) is 9.13. The molecule has 0 saturated carbocycles. The maximum absolute atomic E-state index is 13.0. The number of hydrogen-bond acceptors (Lipinski definition) is 5. The average molecular weight is 410 g/mol. The van der Waals surface area contributed by atoms with Gasteiger partial charge in [-0.05, 0) is 43.4 Å². The number of nitrogens with zero attached hydrogens (tertiary/aromatic N) is 2. The third-order valence-electron chi connectivity index (χ3n) is 4.96. The Balaban J connectivity index is 1.48. The highest BCUT2D eigenvalue weighted by molar-refractivity contribution is 7.99. The Hall–Kier alpha value is -2.80. The fourth-order valence-corrected chi connectivity index (χ4v) is 4.46. The first-order chi connectivity index (χ1) is 14.2. The SMILES string of the molecule is O=C(Cn1c(SCCc2ccccc2)nc2c(c1=O)CCC2)NCc1ccco1. The molecule has 2 aromatic heterocycles. The number of fused-ring (bicyclic) bond motifs is 1. The van der Waals surface area contributed by atoms with Crippen molar-refractivity contribution in [3.63, 3.8) is 0 Å². The van der Waals surface area contributed by atoms with Gasteiger partial charge in [0.25, 0.3) is 5.56 Å². The molecule has 0 aliphatic heterocycles. The maximum Gasteiger partial charge on any atom is 0.258 e. The van der Waals surface area contributed by atoms with Gasteiger partial charge in [-0.15, -0.1) is 0 Å². The highest BCUT2D eigenvalue weighted by Crippen LogP contribution is 2.22. The van der Waals surface area contributed by atoms with Crippen molar-refractivity contribution in [3.05, 3.63) is 81.7 Å². The predicted octanol–water partition coefficient (Wildman–Crippen LogP) is 2.98. The number of carbonyl (C=O) groups excluding carboxylic acids is 1. The number of benzene rings is 1. The van der Waals surface area contributed by atoms with Gasteiger partial charge in [0.05, 0.1) is 18.5 Å². The Morgan fingerprint density at radius 3 is 2.83 bits per heavy atom. The van der Waals surface area contributed by atoms with Crippen molar-refractivity contribution in [2.24, 2.45) is 0 Å². The van der Waals surface area contributed by atoms with Crippen LogP contribution >= 0.6 is 11.8 Å². The summed E-state index contributed by atoms with van der Waals surface area (Å²) in [4.78, 5) is 30.2. The number of nitrogens with one attached hydrogen (secondary N) is 1. The summed E-state index contributed by atoms with van der Waals surface area (Å²) in [7, 11) is 0. The van der Waals surface area contributed by atoms with Gasteiger partial charge in [-0.3, -0.25) is 14.2 Å². The van der Waals surface area contributed by atoms with E-state index in [1.807, 2.05) is 18.2 Å².